The van der Waals surface area contributed by atoms with Gasteiger partial charge in [-0.25, -0.2) is 5.01 Å². The van der Waals surface area contributed by atoms with Crippen molar-refractivity contribution >= 4 is 17.3 Å². The molecular formula is C23H23N3O3. The Labute approximate surface area is 169 Å². The number of nitrogens with zero attached hydrogens (tertiary/aromatic N) is 2. The van der Waals surface area contributed by atoms with Gasteiger partial charge in [0.15, 0.2) is 0 Å². The minimum atomic E-state index is -0.256. The lowest BCUT2D eigenvalue weighted by molar-refractivity contribution is -0.131. The van der Waals surface area contributed by atoms with Gasteiger partial charge in [0, 0.05) is 6.42 Å². The van der Waals surface area contributed by atoms with Crippen molar-refractivity contribution < 1.29 is 13.9 Å². The second-order valence-corrected chi connectivity index (χ2v) is 6.94. The van der Waals surface area contributed by atoms with E-state index in [1.165, 1.54) is 10.6 Å². The molecule has 0 aliphatic carbocycles. The van der Waals surface area contributed by atoms with Crippen LogP contribution in [0.15, 0.2) is 76.4 Å². The van der Waals surface area contributed by atoms with Gasteiger partial charge in [-0.3, -0.25) is 4.79 Å². The summed E-state index contributed by atoms with van der Waals surface area (Å²) in [6.07, 6.45) is 2.23. The van der Waals surface area contributed by atoms with Crippen molar-refractivity contribution in [2.45, 2.75) is 19.4 Å². The Hall–Kier alpha value is -3.54. The number of hydrazone groups is 1. The number of rotatable bonds is 6. The molecule has 6 nitrogen and oxygen atoms in total. The van der Waals surface area contributed by atoms with Crippen molar-refractivity contribution in [3.8, 4) is 5.75 Å². The number of methoxy groups -OCH3 is 1. The quantitative estimate of drug-likeness (QED) is 0.679. The van der Waals surface area contributed by atoms with Gasteiger partial charge in [-0.15, -0.1) is 0 Å². The second-order valence-electron chi connectivity index (χ2n) is 6.94. The summed E-state index contributed by atoms with van der Waals surface area (Å²) >= 11 is 0. The second kappa shape index (κ2) is 8.22. The Balaban J connectivity index is 1.55. The number of ether oxygens (including phenoxy) is 1. The molecular weight excluding hydrogens is 366 g/mol. The zero-order chi connectivity index (χ0) is 20.2. The summed E-state index contributed by atoms with van der Waals surface area (Å²) in [7, 11) is 1.61. The lowest BCUT2D eigenvalue weighted by Gasteiger charge is -2.20. The fourth-order valence-electron chi connectivity index (χ4n) is 3.41. The Morgan fingerprint density at radius 2 is 1.97 bits per heavy atom. The van der Waals surface area contributed by atoms with Gasteiger partial charge in [-0.05, 0) is 36.8 Å². The molecule has 1 aromatic heterocycles. The number of carbonyl (C=O) groups is 1. The van der Waals surface area contributed by atoms with Crippen molar-refractivity contribution in [2.24, 2.45) is 5.10 Å². The van der Waals surface area contributed by atoms with E-state index in [2.05, 4.69) is 10.4 Å². The number of amides is 1. The monoisotopic (exact) mass is 389 g/mol. The summed E-state index contributed by atoms with van der Waals surface area (Å²) in [5.41, 5.74) is 3.83. The van der Waals surface area contributed by atoms with E-state index in [9.17, 15) is 4.79 Å². The molecule has 6 heteroatoms. The van der Waals surface area contributed by atoms with Crippen LogP contribution in [0.5, 0.6) is 5.75 Å². The molecule has 0 saturated carbocycles. The lowest BCUT2D eigenvalue weighted by Crippen LogP contribution is -2.32. The molecule has 3 aromatic rings. The smallest absolute Gasteiger partial charge is 0.262 e. The Bertz CT molecular complexity index is 1010. The number of anilines is 1. The summed E-state index contributed by atoms with van der Waals surface area (Å²) in [4.78, 5) is 13.0. The van der Waals surface area contributed by atoms with Crippen molar-refractivity contribution in [2.75, 3.05) is 19.0 Å². The zero-order valence-electron chi connectivity index (χ0n) is 16.5. The van der Waals surface area contributed by atoms with Gasteiger partial charge in [-0.1, -0.05) is 42.0 Å². The van der Waals surface area contributed by atoms with E-state index >= 15 is 0 Å². The molecule has 148 valence electrons. The average Bonchev–Trinajstić information content (AvgIpc) is 3.42. The van der Waals surface area contributed by atoms with Gasteiger partial charge in [0.2, 0.25) is 0 Å². The predicted molar refractivity (Wildman–Crippen MR) is 112 cm³/mol. The summed E-state index contributed by atoms with van der Waals surface area (Å²) in [5.74, 6) is 1.27. The number of aryl methyl sites for hydroxylation is 1. The SMILES string of the molecule is COc1ccccc1NCC(=O)N1N=C(c2ccc(C)cc2)C[C@H]1c1ccco1. The third-order valence-corrected chi connectivity index (χ3v) is 4.96. The number of hydrogen-bond acceptors (Lipinski definition) is 5. The van der Waals surface area contributed by atoms with Gasteiger partial charge < -0.3 is 14.5 Å². The molecule has 0 radical (unpaired) electrons. The standard InChI is InChI=1S/C23H23N3O3/c1-16-9-11-17(12-10-16)19-14-20(22-8-5-13-29-22)26(25-19)23(27)15-24-18-6-3-4-7-21(18)28-2/h3-13,20,24H,14-15H2,1-2H3/t20-/m0/s1. The van der Waals surface area contributed by atoms with Crippen LogP contribution in [-0.4, -0.2) is 30.3 Å². The molecule has 1 aliphatic heterocycles. The molecule has 1 N–H and O–H groups in total. The van der Waals surface area contributed by atoms with E-state index in [1.807, 2.05) is 67.6 Å². The molecule has 4 rings (SSSR count). The van der Waals surface area contributed by atoms with Crippen LogP contribution < -0.4 is 10.1 Å². The van der Waals surface area contributed by atoms with E-state index < -0.39 is 0 Å². The molecule has 0 spiro atoms. The van der Waals surface area contributed by atoms with Gasteiger partial charge in [0.1, 0.15) is 17.6 Å². The molecule has 29 heavy (non-hydrogen) atoms. The highest BCUT2D eigenvalue weighted by Crippen LogP contribution is 2.33. The minimum absolute atomic E-state index is 0.0995. The summed E-state index contributed by atoms with van der Waals surface area (Å²) in [6, 6.07) is 19.1. The van der Waals surface area contributed by atoms with Crippen molar-refractivity contribution in [3.63, 3.8) is 0 Å². The summed E-state index contributed by atoms with van der Waals surface area (Å²) < 4.78 is 10.9. The number of benzene rings is 2. The summed E-state index contributed by atoms with van der Waals surface area (Å²) in [6.45, 7) is 2.15. The van der Waals surface area contributed by atoms with Crippen LogP contribution in [0.3, 0.4) is 0 Å². The molecule has 0 unspecified atom stereocenters. The van der Waals surface area contributed by atoms with E-state index in [0.717, 1.165) is 22.7 Å². The van der Waals surface area contributed by atoms with Crippen LogP contribution in [-0.2, 0) is 4.79 Å². The maximum Gasteiger partial charge on any atom is 0.262 e. The molecule has 2 aromatic carbocycles. The van der Waals surface area contributed by atoms with Gasteiger partial charge >= 0.3 is 0 Å². The van der Waals surface area contributed by atoms with Crippen LogP contribution in [0.1, 0.15) is 29.3 Å². The molecule has 0 saturated heterocycles. The third kappa shape index (κ3) is 4.01. The van der Waals surface area contributed by atoms with E-state index in [4.69, 9.17) is 9.15 Å². The molecule has 1 aliphatic rings. The first-order valence-corrected chi connectivity index (χ1v) is 9.52. The Kier molecular flexibility index (Phi) is 5.33. The van der Waals surface area contributed by atoms with E-state index in [1.54, 1.807) is 13.4 Å². The first kappa shape index (κ1) is 18.8. The Morgan fingerprint density at radius 3 is 2.69 bits per heavy atom. The predicted octanol–water partition coefficient (Wildman–Crippen LogP) is 4.39. The fraction of sp³-hybridized carbons (Fsp3) is 0.217. The van der Waals surface area contributed by atoms with E-state index in [-0.39, 0.29) is 18.5 Å². The van der Waals surface area contributed by atoms with Crippen LogP contribution in [0.25, 0.3) is 0 Å². The van der Waals surface area contributed by atoms with Crippen LogP contribution in [0.2, 0.25) is 0 Å². The highest BCUT2D eigenvalue weighted by Gasteiger charge is 2.34. The van der Waals surface area contributed by atoms with Crippen LogP contribution in [0, 0.1) is 6.92 Å². The fourth-order valence-corrected chi connectivity index (χ4v) is 3.41. The topological polar surface area (TPSA) is 67.1 Å². The van der Waals surface area contributed by atoms with Crippen LogP contribution >= 0.6 is 0 Å². The van der Waals surface area contributed by atoms with Crippen LogP contribution in [0.4, 0.5) is 5.69 Å². The molecule has 0 bridgehead atoms. The first-order valence-electron chi connectivity index (χ1n) is 9.52. The van der Waals surface area contributed by atoms with Gasteiger partial charge in [-0.2, -0.15) is 5.10 Å². The number of hydrogen-bond donors (Lipinski definition) is 1. The molecule has 1 amide bonds. The van der Waals surface area contributed by atoms with Crippen molar-refractivity contribution in [3.05, 3.63) is 83.8 Å². The summed E-state index contributed by atoms with van der Waals surface area (Å²) in [5, 5.41) is 9.33. The van der Waals surface area contributed by atoms with Gasteiger partial charge in [0.05, 0.1) is 31.3 Å². The third-order valence-electron chi connectivity index (χ3n) is 4.96. The highest BCUT2D eigenvalue weighted by molar-refractivity contribution is 6.03. The normalized spacial score (nSPS) is 15.9. The number of nitrogens with one attached hydrogen (secondary N) is 1. The largest absolute Gasteiger partial charge is 0.495 e. The molecule has 2 heterocycles. The Morgan fingerprint density at radius 1 is 1.17 bits per heavy atom. The first-order chi connectivity index (χ1) is 14.2. The zero-order valence-corrected chi connectivity index (χ0v) is 16.5. The lowest BCUT2D eigenvalue weighted by atomic mass is 10.0. The molecule has 0 fully saturated rings. The number of furan rings is 1. The number of para-hydroxylation sites is 2. The van der Waals surface area contributed by atoms with E-state index in [0.29, 0.717) is 12.2 Å². The van der Waals surface area contributed by atoms with Crippen molar-refractivity contribution in [1.29, 1.82) is 0 Å². The highest BCUT2D eigenvalue weighted by atomic mass is 16.5. The minimum Gasteiger partial charge on any atom is -0.495 e. The average molecular weight is 389 g/mol. The maximum absolute atomic E-state index is 13.0. The number of carbonyl (C=O) groups excluding carboxylic acids is 1. The molecule has 1 atom stereocenters. The van der Waals surface area contributed by atoms with Gasteiger partial charge in [0.25, 0.3) is 5.91 Å². The maximum atomic E-state index is 13.0. The van der Waals surface area contributed by atoms with Crippen molar-refractivity contribution in [1.82, 2.24) is 5.01 Å².